The van der Waals surface area contributed by atoms with Crippen LogP contribution in [0.15, 0.2) is 12.2 Å². The van der Waals surface area contributed by atoms with E-state index < -0.39 is 11.9 Å². The Labute approximate surface area is 278 Å². The van der Waals surface area contributed by atoms with Crippen molar-refractivity contribution >= 4 is 11.8 Å². The van der Waals surface area contributed by atoms with Crippen molar-refractivity contribution in [1.82, 2.24) is 0 Å². The molecule has 4 aliphatic carbocycles. The van der Waals surface area contributed by atoms with Gasteiger partial charge in [-0.15, -0.1) is 0 Å². The first-order valence-corrected chi connectivity index (χ1v) is 20.1. The van der Waals surface area contributed by atoms with Crippen LogP contribution in [-0.4, -0.2) is 16.9 Å². The molecule has 0 aromatic rings. The van der Waals surface area contributed by atoms with Gasteiger partial charge in [0.25, 0.3) is 0 Å². The molecule has 4 aliphatic rings. The Morgan fingerprint density at radius 1 is 0.733 bits per heavy atom. The van der Waals surface area contributed by atoms with E-state index in [-0.39, 0.29) is 5.78 Å². The summed E-state index contributed by atoms with van der Waals surface area (Å²) in [6.07, 6.45) is 35.6. The topological polar surface area (TPSA) is 54.4 Å². The van der Waals surface area contributed by atoms with Crippen LogP contribution in [0.3, 0.4) is 0 Å². The highest BCUT2D eigenvalue weighted by Gasteiger charge is 2.60. The highest BCUT2D eigenvalue weighted by Crippen LogP contribution is 2.68. The summed E-state index contributed by atoms with van der Waals surface area (Å²) in [7, 11) is 0. The number of allylic oxidation sites excluding steroid dienone is 2. The van der Waals surface area contributed by atoms with Gasteiger partial charge in [0.1, 0.15) is 11.7 Å². The Bertz CT molecular complexity index is 938. The number of ketones is 1. The van der Waals surface area contributed by atoms with Crippen molar-refractivity contribution in [3.8, 4) is 0 Å². The van der Waals surface area contributed by atoms with Crippen molar-refractivity contribution in [1.29, 1.82) is 0 Å². The first kappa shape index (κ1) is 36.7. The summed E-state index contributed by atoms with van der Waals surface area (Å²) in [4.78, 5) is 25.5. The molecule has 0 radical (unpaired) electrons. The summed E-state index contributed by atoms with van der Waals surface area (Å²) in [6.45, 7) is 9.78. The predicted molar refractivity (Wildman–Crippen MR) is 189 cm³/mol. The number of carbonyl (C=O) groups is 2. The minimum Gasteiger partial charge on any atom is -0.481 e. The zero-order valence-electron chi connectivity index (χ0n) is 30.1. The third-order valence-corrected chi connectivity index (χ3v) is 14.3. The minimum atomic E-state index is -0.883. The molecule has 0 bridgehead atoms. The molecule has 3 nitrogen and oxygen atoms in total. The molecule has 0 aromatic carbocycles. The first-order valence-electron chi connectivity index (χ1n) is 20.1. The molecule has 0 saturated heterocycles. The summed E-state index contributed by atoms with van der Waals surface area (Å²) in [5.41, 5.74) is 0.894. The Kier molecular flexibility index (Phi) is 14.6. The van der Waals surface area contributed by atoms with Gasteiger partial charge in [0, 0.05) is 6.42 Å². The number of carboxylic acids is 1. The zero-order valence-corrected chi connectivity index (χ0v) is 30.1. The van der Waals surface area contributed by atoms with Crippen LogP contribution in [0.2, 0.25) is 0 Å². The van der Waals surface area contributed by atoms with Crippen molar-refractivity contribution in [2.75, 3.05) is 0 Å². The average Bonchev–Trinajstić information content (AvgIpc) is 3.38. The van der Waals surface area contributed by atoms with E-state index >= 15 is 0 Å². The fourth-order valence-electron chi connectivity index (χ4n) is 11.7. The van der Waals surface area contributed by atoms with Gasteiger partial charge in [-0.25, -0.2) is 0 Å². The SMILES string of the molecule is CCCCCCCC/C=C\CCCCCCCC(=O)C(C[C@@H](C)[C@H]1CC[C@H]2[C@@H]3CCC4CCCC[C@]4(C)[C@H]3CC[C@]12C)C(=O)O. The standard InChI is InChI=1S/C42H72O3/c1-5-6-7-8-9-10-11-12-13-14-15-16-17-18-19-23-39(43)35(40(44)45)31-32(2)36-26-27-37-34-25-24-33-22-20-21-29-41(33,3)38(34)28-30-42(36,37)4/h12-13,32-38H,5-11,14-31H2,1-4H3,(H,44,45)/b13-12-/t32-,33?,34+,35?,36-,37+,38+,41+,42-/m1/s1. The van der Waals surface area contributed by atoms with Crippen LogP contribution in [0.1, 0.15) is 188 Å². The fraction of sp³-hybridized carbons (Fsp3) is 0.905. The molecular formula is C42H72O3. The van der Waals surface area contributed by atoms with Crippen LogP contribution in [-0.2, 0) is 9.59 Å². The van der Waals surface area contributed by atoms with Crippen molar-refractivity contribution in [3.05, 3.63) is 12.2 Å². The summed E-state index contributed by atoms with van der Waals surface area (Å²) in [6, 6.07) is 0. The summed E-state index contributed by atoms with van der Waals surface area (Å²) < 4.78 is 0. The second-order valence-corrected chi connectivity index (χ2v) is 17.0. The number of fused-ring (bicyclic) bond motifs is 5. The molecule has 45 heavy (non-hydrogen) atoms. The summed E-state index contributed by atoms with van der Waals surface area (Å²) in [5.74, 6) is 2.70. The molecule has 0 spiro atoms. The third-order valence-electron chi connectivity index (χ3n) is 14.3. The molecule has 9 atom stereocenters. The molecule has 3 heteroatoms. The fourth-order valence-corrected chi connectivity index (χ4v) is 11.7. The number of carbonyl (C=O) groups excluding carboxylic acids is 1. The van der Waals surface area contributed by atoms with Crippen LogP contribution < -0.4 is 0 Å². The van der Waals surface area contributed by atoms with Crippen LogP contribution in [0, 0.1) is 52.3 Å². The van der Waals surface area contributed by atoms with Crippen molar-refractivity contribution in [3.63, 3.8) is 0 Å². The van der Waals surface area contributed by atoms with Gasteiger partial charge in [0.05, 0.1) is 0 Å². The quantitative estimate of drug-likeness (QED) is 0.0833. The predicted octanol–water partition coefficient (Wildman–Crippen LogP) is 12.4. The van der Waals surface area contributed by atoms with Gasteiger partial charge in [-0.05, 0) is 136 Å². The Balaban J connectivity index is 1.15. The summed E-state index contributed by atoms with van der Waals surface area (Å²) in [5, 5.41) is 10.1. The van der Waals surface area contributed by atoms with Crippen LogP contribution in [0.5, 0.6) is 0 Å². The maximum atomic E-state index is 13.2. The Morgan fingerprint density at radius 2 is 1.38 bits per heavy atom. The second-order valence-electron chi connectivity index (χ2n) is 17.0. The zero-order chi connectivity index (χ0) is 32.3. The molecular weight excluding hydrogens is 552 g/mol. The Hall–Kier alpha value is -1.12. The van der Waals surface area contributed by atoms with Crippen LogP contribution in [0.25, 0.3) is 0 Å². The molecule has 258 valence electrons. The van der Waals surface area contributed by atoms with Crippen LogP contribution in [0.4, 0.5) is 0 Å². The average molecular weight is 625 g/mol. The highest BCUT2D eigenvalue weighted by molar-refractivity contribution is 5.98. The largest absolute Gasteiger partial charge is 0.481 e. The number of unbranched alkanes of at least 4 members (excludes halogenated alkanes) is 11. The molecule has 4 rings (SSSR count). The van der Waals surface area contributed by atoms with Crippen molar-refractivity contribution in [2.24, 2.45) is 52.3 Å². The lowest BCUT2D eigenvalue weighted by Gasteiger charge is -2.61. The van der Waals surface area contributed by atoms with Crippen LogP contribution >= 0.6 is 0 Å². The number of carboxylic acid groups (broad SMARTS) is 1. The number of hydrogen-bond donors (Lipinski definition) is 1. The van der Waals surface area contributed by atoms with E-state index in [1.165, 1.54) is 122 Å². The summed E-state index contributed by atoms with van der Waals surface area (Å²) >= 11 is 0. The minimum absolute atomic E-state index is 0.0149. The molecule has 0 amide bonds. The molecule has 4 saturated carbocycles. The maximum Gasteiger partial charge on any atom is 0.314 e. The van der Waals surface area contributed by atoms with Crippen molar-refractivity contribution < 1.29 is 14.7 Å². The molecule has 0 heterocycles. The van der Waals surface area contributed by atoms with Gasteiger partial charge in [-0.1, -0.05) is 104 Å². The molecule has 4 fully saturated rings. The molecule has 2 unspecified atom stereocenters. The van der Waals surface area contributed by atoms with E-state index in [1.807, 2.05) is 0 Å². The van der Waals surface area contributed by atoms with E-state index in [0.717, 1.165) is 49.4 Å². The Morgan fingerprint density at radius 3 is 2.07 bits per heavy atom. The number of rotatable bonds is 20. The van der Waals surface area contributed by atoms with Gasteiger partial charge >= 0.3 is 5.97 Å². The lowest BCUT2D eigenvalue weighted by Crippen LogP contribution is -2.53. The van der Waals surface area contributed by atoms with Gasteiger partial charge in [0.15, 0.2) is 0 Å². The van der Waals surface area contributed by atoms with E-state index in [4.69, 9.17) is 0 Å². The van der Waals surface area contributed by atoms with Gasteiger partial charge in [-0.2, -0.15) is 0 Å². The molecule has 0 aliphatic heterocycles. The monoisotopic (exact) mass is 625 g/mol. The number of aliphatic carboxylic acids is 1. The first-order chi connectivity index (χ1) is 21.7. The second kappa shape index (κ2) is 17.9. The normalized spacial score (nSPS) is 34.2. The van der Waals surface area contributed by atoms with E-state index in [9.17, 15) is 14.7 Å². The van der Waals surface area contributed by atoms with E-state index in [0.29, 0.717) is 35.5 Å². The third kappa shape index (κ3) is 9.28. The smallest absolute Gasteiger partial charge is 0.314 e. The lowest BCUT2D eigenvalue weighted by atomic mass is 9.44. The van der Waals surface area contributed by atoms with E-state index in [2.05, 4.69) is 39.8 Å². The number of Topliss-reactive ketones (excluding diaryl/α,β-unsaturated/α-hetero) is 1. The van der Waals surface area contributed by atoms with Gasteiger partial charge in [0.2, 0.25) is 0 Å². The van der Waals surface area contributed by atoms with Crippen molar-refractivity contribution in [2.45, 2.75) is 188 Å². The molecule has 1 N–H and O–H groups in total. The number of hydrogen-bond acceptors (Lipinski definition) is 2. The maximum absolute atomic E-state index is 13.2. The highest BCUT2D eigenvalue weighted by atomic mass is 16.4. The molecule has 0 aromatic heterocycles. The van der Waals surface area contributed by atoms with Gasteiger partial charge in [-0.3, -0.25) is 9.59 Å². The lowest BCUT2D eigenvalue weighted by molar-refractivity contribution is -0.148. The van der Waals surface area contributed by atoms with Gasteiger partial charge < -0.3 is 5.11 Å². The van der Waals surface area contributed by atoms with E-state index in [1.54, 1.807) is 0 Å².